The Balaban J connectivity index is 1.98. The topological polar surface area (TPSA) is 66.5 Å². The Morgan fingerprint density at radius 2 is 2.05 bits per heavy atom. The first-order valence-corrected chi connectivity index (χ1v) is 7.53. The van der Waals surface area contributed by atoms with E-state index in [1.54, 1.807) is 11.0 Å². The Morgan fingerprint density at radius 1 is 1.30 bits per heavy atom. The van der Waals surface area contributed by atoms with Crippen molar-refractivity contribution in [1.29, 1.82) is 0 Å². The number of rotatable bonds is 1. The Hall–Kier alpha value is -1.44. The summed E-state index contributed by atoms with van der Waals surface area (Å²) < 4.78 is 1.02. The summed E-state index contributed by atoms with van der Waals surface area (Å²) in [4.78, 5) is 37.4. The summed E-state index contributed by atoms with van der Waals surface area (Å²) >= 11 is 2.21. The first kappa shape index (κ1) is 13.5. The van der Waals surface area contributed by atoms with Crippen LogP contribution in [0.1, 0.15) is 41.7 Å². The van der Waals surface area contributed by atoms with Gasteiger partial charge < -0.3 is 4.90 Å². The molecule has 1 fully saturated rings. The van der Waals surface area contributed by atoms with Gasteiger partial charge in [0, 0.05) is 21.1 Å². The molecule has 3 amide bonds. The zero-order valence-electron chi connectivity index (χ0n) is 10.9. The van der Waals surface area contributed by atoms with Crippen molar-refractivity contribution in [3.8, 4) is 0 Å². The third kappa shape index (κ3) is 1.93. The van der Waals surface area contributed by atoms with Crippen LogP contribution in [0.15, 0.2) is 18.2 Å². The minimum absolute atomic E-state index is 0.125. The summed E-state index contributed by atoms with van der Waals surface area (Å²) in [7, 11) is 0. The maximum atomic E-state index is 12.5. The van der Waals surface area contributed by atoms with Gasteiger partial charge in [-0.3, -0.25) is 19.7 Å². The van der Waals surface area contributed by atoms with Crippen molar-refractivity contribution in [2.24, 2.45) is 0 Å². The molecular weight excluding hydrogens is 371 g/mol. The Labute approximate surface area is 129 Å². The fraction of sp³-hybridized carbons (Fsp3) is 0.357. The average Bonchev–Trinajstić information content (AvgIpc) is 2.64. The molecular formula is C14H13IN2O3. The van der Waals surface area contributed by atoms with Crippen LogP contribution >= 0.6 is 22.6 Å². The highest BCUT2D eigenvalue weighted by atomic mass is 127. The molecule has 2 atom stereocenters. The minimum atomic E-state index is -0.557. The second-order valence-electron chi connectivity index (χ2n) is 5.06. The van der Waals surface area contributed by atoms with E-state index in [1.807, 2.05) is 19.1 Å². The molecule has 0 saturated carbocycles. The molecule has 0 bridgehead atoms. The third-order valence-corrected chi connectivity index (χ3v) is 4.84. The zero-order valence-corrected chi connectivity index (χ0v) is 13.0. The summed E-state index contributed by atoms with van der Waals surface area (Å²) in [5.41, 5.74) is 1.64. The number of nitrogens with zero attached hydrogens (tertiary/aromatic N) is 1. The maximum absolute atomic E-state index is 12.5. The van der Waals surface area contributed by atoms with Gasteiger partial charge >= 0.3 is 0 Å². The van der Waals surface area contributed by atoms with Crippen LogP contribution in [0.3, 0.4) is 0 Å². The second kappa shape index (κ2) is 4.83. The van der Waals surface area contributed by atoms with Crippen molar-refractivity contribution >= 4 is 40.3 Å². The van der Waals surface area contributed by atoms with Crippen molar-refractivity contribution in [2.45, 2.75) is 31.8 Å². The summed E-state index contributed by atoms with van der Waals surface area (Å²) in [6.07, 6.45) is 0.672. The molecule has 3 rings (SSSR count). The quantitative estimate of drug-likeness (QED) is 0.591. The van der Waals surface area contributed by atoms with Crippen molar-refractivity contribution in [3.05, 3.63) is 32.9 Å². The van der Waals surface area contributed by atoms with E-state index in [2.05, 4.69) is 27.9 Å². The smallest absolute Gasteiger partial charge is 0.255 e. The number of imide groups is 1. The molecule has 2 unspecified atom stereocenters. The molecule has 2 aliphatic rings. The highest BCUT2D eigenvalue weighted by Gasteiger charge is 2.43. The van der Waals surface area contributed by atoms with Crippen LogP contribution in [-0.2, 0) is 9.59 Å². The van der Waals surface area contributed by atoms with Crippen molar-refractivity contribution in [1.82, 2.24) is 10.2 Å². The molecule has 6 heteroatoms. The number of carbonyl (C=O) groups excluding carboxylic acids is 3. The Kier molecular flexibility index (Phi) is 3.27. The summed E-state index contributed by atoms with van der Waals surface area (Å²) in [6.45, 7) is 1.93. The summed E-state index contributed by atoms with van der Waals surface area (Å²) in [5.74, 6) is -0.762. The normalized spacial score (nSPS) is 25.7. The van der Waals surface area contributed by atoms with Gasteiger partial charge in [0.1, 0.15) is 6.04 Å². The van der Waals surface area contributed by atoms with Gasteiger partial charge in [-0.2, -0.15) is 0 Å². The highest BCUT2D eigenvalue weighted by Crippen LogP contribution is 2.38. The standard InChI is InChI=1S/C14H13IN2O3/c1-7-12-8(3-2-4-9(12)15)14(20)17(7)10-5-6-11(18)16-13(10)19/h2-4,7,10H,5-6H2,1H3,(H,16,18,19). The Bertz CT molecular complexity index is 629. The van der Waals surface area contributed by atoms with Crippen LogP contribution in [-0.4, -0.2) is 28.7 Å². The summed E-state index contributed by atoms with van der Waals surface area (Å²) in [6, 6.07) is 4.89. The highest BCUT2D eigenvalue weighted by molar-refractivity contribution is 14.1. The lowest BCUT2D eigenvalue weighted by Crippen LogP contribution is -2.53. The van der Waals surface area contributed by atoms with Gasteiger partial charge in [-0.25, -0.2) is 0 Å². The largest absolute Gasteiger partial charge is 0.320 e. The lowest BCUT2D eigenvalue weighted by atomic mass is 10.0. The molecule has 104 valence electrons. The van der Waals surface area contributed by atoms with Gasteiger partial charge in [0.15, 0.2) is 0 Å². The SMILES string of the molecule is CC1c2c(I)cccc2C(=O)N1C1CCC(=O)NC1=O. The Morgan fingerprint density at radius 3 is 2.70 bits per heavy atom. The third-order valence-electron chi connectivity index (χ3n) is 3.90. The molecule has 20 heavy (non-hydrogen) atoms. The first-order valence-electron chi connectivity index (χ1n) is 6.45. The van der Waals surface area contributed by atoms with Crippen LogP contribution in [0.4, 0.5) is 0 Å². The lowest BCUT2D eigenvalue weighted by molar-refractivity contribution is -0.137. The van der Waals surface area contributed by atoms with Gasteiger partial charge in [-0.15, -0.1) is 0 Å². The fourth-order valence-corrected chi connectivity index (χ4v) is 3.91. The molecule has 1 saturated heterocycles. The van der Waals surface area contributed by atoms with Crippen LogP contribution in [0.5, 0.6) is 0 Å². The molecule has 1 aromatic rings. The van der Waals surface area contributed by atoms with Crippen LogP contribution in [0.25, 0.3) is 0 Å². The van der Waals surface area contributed by atoms with Crippen LogP contribution in [0.2, 0.25) is 0 Å². The molecule has 5 nitrogen and oxygen atoms in total. The molecule has 0 spiro atoms. The van der Waals surface area contributed by atoms with E-state index < -0.39 is 6.04 Å². The fourth-order valence-electron chi connectivity index (χ4n) is 2.96. The number of hydrogen-bond acceptors (Lipinski definition) is 3. The molecule has 2 heterocycles. The van der Waals surface area contributed by atoms with E-state index in [-0.39, 0.29) is 30.2 Å². The van der Waals surface area contributed by atoms with Gasteiger partial charge in [0.2, 0.25) is 11.8 Å². The average molecular weight is 384 g/mol. The molecule has 1 aromatic carbocycles. The van der Waals surface area contributed by atoms with Gasteiger partial charge in [-0.1, -0.05) is 6.07 Å². The van der Waals surface area contributed by atoms with Gasteiger partial charge in [0.05, 0.1) is 6.04 Å². The van der Waals surface area contributed by atoms with Gasteiger partial charge in [0.25, 0.3) is 5.91 Å². The number of benzene rings is 1. The van der Waals surface area contributed by atoms with E-state index in [4.69, 9.17) is 0 Å². The maximum Gasteiger partial charge on any atom is 0.255 e. The van der Waals surface area contributed by atoms with E-state index in [9.17, 15) is 14.4 Å². The number of halogens is 1. The molecule has 2 aliphatic heterocycles. The van der Waals surface area contributed by atoms with Crippen molar-refractivity contribution in [2.75, 3.05) is 0 Å². The van der Waals surface area contributed by atoms with E-state index in [0.717, 1.165) is 9.13 Å². The predicted molar refractivity (Wildman–Crippen MR) is 79.9 cm³/mol. The molecule has 1 N–H and O–H groups in total. The van der Waals surface area contributed by atoms with E-state index in [1.165, 1.54) is 0 Å². The van der Waals surface area contributed by atoms with Gasteiger partial charge in [-0.05, 0) is 48.1 Å². The second-order valence-corrected chi connectivity index (χ2v) is 6.22. The number of fused-ring (bicyclic) bond motifs is 1. The number of nitrogens with one attached hydrogen (secondary N) is 1. The van der Waals surface area contributed by atoms with E-state index >= 15 is 0 Å². The predicted octanol–water partition coefficient (Wildman–Crippen LogP) is 1.61. The van der Waals surface area contributed by atoms with E-state index in [0.29, 0.717) is 12.0 Å². The lowest BCUT2D eigenvalue weighted by Gasteiger charge is -2.33. The van der Waals surface area contributed by atoms with Crippen LogP contribution in [0, 0.1) is 3.57 Å². The monoisotopic (exact) mass is 384 g/mol. The number of carbonyl (C=O) groups is 3. The molecule has 0 radical (unpaired) electrons. The molecule has 0 aromatic heterocycles. The molecule has 0 aliphatic carbocycles. The van der Waals surface area contributed by atoms with Crippen molar-refractivity contribution in [3.63, 3.8) is 0 Å². The minimum Gasteiger partial charge on any atom is -0.320 e. The number of amides is 3. The number of piperidine rings is 1. The van der Waals surface area contributed by atoms with Crippen LogP contribution < -0.4 is 5.32 Å². The van der Waals surface area contributed by atoms with Crippen molar-refractivity contribution < 1.29 is 14.4 Å². The number of hydrogen-bond donors (Lipinski definition) is 1. The first-order chi connectivity index (χ1) is 9.50. The zero-order chi connectivity index (χ0) is 14.4. The summed E-state index contributed by atoms with van der Waals surface area (Å²) in [5, 5.41) is 2.32.